The smallest absolute Gasteiger partial charge is 0.308 e. The number of rotatable bonds is 3. The van der Waals surface area contributed by atoms with E-state index in [4.69, 9.17) is 0 Å². The van der Waals surface area contributed by atoms with Crippen molar-refractivity contribution in [1.82, 2.24) is 14.7 Å². The molecule has 6 nitrogen and oxygen atoms in total. The summed E-state index contributed by atoms with van der Waals surface area (Å²) in [7, 11) is 0. The van der Waals surface area contributed by atoms with Gasteiger partial charge in [0.25, 0.3) is 5.91 Å². The molecule has 1 aliphatic carbocycles. The summed E-state index contributed by atoms with van der Waals surface area (Å²) in [6.45, 7) is 6.94. The number of nitrogens with zero attached hydrogens (tertiary/aromatic N) is 3. The molecule has 0 spiro atoms. The molecule has 1 aliphatic heterocycles. The zero-order valence-electron chi connectivity index (χ0n) is 13.3. The zero-order chi connectivity index (χ0) is 16.1. The van der Waals surface area contributed by atoms with Gasteiger partial charge < -0.3 is 10.0 Å². The van der Waals surface area contributed by atoms with Gasteiger partial charge in [0.1, 0.15) is 0 Å². The first kappa shape index (κ1) is 15.1. The summed E-state index contributed by atoms with van der Waals surface area (Å²) in [5.41, 5.74) is 0.361. The largest absolute Gasteiger partial charge is 0.481 e. The topological polar surface area (TPSA) is 75.4 Å². The van der Waals surface area contributed by atoms with Crippen molar-refractivity contribution in [2.24, 2.45) is 17.8 Å². The monoisotopic (exact) mass is 305 g/mol. The maximum absolute atomic E-state index is 12.6. The predicted octanol–water partition coefficient (Wildman–Crippen LogP) is 1.82. The minimum Gasteiger partial charge on any atom is -0.481 e. The van der Waals surface area contributed by atoms with Gasteiger partial charge in [-0.25, -0.2) is 0 Å². The molecule has 1 saturated carbocycles. The molecule has 6 heteroatoms. The summed E-state index contributed by atoms with van der Waals surface area (Å²) >= 11 is 0. The van der Waals surface area contributed by atoms with Crippen LogP contribution in [0, 0.1) is 17.8 Å². The van der Waals surface area contributed by atoms with E-state index in [9.17, 15) is 14.7 Å². The molecule has 1 aromatic rings. The SMILES string of the molecule is CC(C)(C)n1cc(C(=O)N2C[C@H](C(=O)O)[C@@H](C3CC3)C2)cn1. The molecule has 2 aliphatic rings. The lowest BCUT2D eigenvalue weighted by molar-refractivity contribution is -0.142. The lowest BCUT2D eigenvalue weighted by atomic mass is 9.92. The average molecular weight is 305 g/mol. The van der Waals surface area contributed by atoms with Crippen molar-refractivity contribution in [2.45, 2.75) is 39.2 Å². The Morgan fingerprint density at radius 2 is 1.95 bits per heavy atom. The highest BCUT2D eigenvalue weighted by Crippen LogP contribution is 2.44. The number of hydrogen-bond donors (Lipinski definition) is 1. The van der Waals surface area contributed by atoms with Crippen LogP contribution in [0.25, 0.3) is 0 Å². The molecule has 22 heavy (non-hydrogen) atoms. The van der Waals surface area contributed by atoms with Crippen LogP contribution in [0.5, 0.6) is 0 Å². The van der Waals surface area contributed by atoms with E-state index in [2.05, 4.69) is 5.10 Å². The fourth-order valence-corrected chi connectivity index (χ4v) is 3.24. The average Bonchev–Trinajstić information content (AvgIpc) is 3.00. The van der Waals surface area contributed by atoms with E-state index in [-0.39, 0.29) is 17.4 Å². The number of aliphatic carboxylic acids is 1. The van der Waals surface area contributed by atoms with Crippen LogP contribution in [0.15, 0.2) is 12.4 Å². The molecule has 0 unspecified atom stereocenters. The van der Waals surface area contributed by atoms with Gasteiger partial charge in [0.05, 0.1) is 23.2 Å². The normalized spacial score (nSPS) is 25.5. The Hall–Kier alpha value is -1.85. The first-order chi connectivity index (χ1) is 10.3. The van der Waals surface area contributed by atoms with Crippen molar-refractivity contribution in [3.05, 3.63) is 18.0 Å². The summed E-state index contributed by atoms with van der Waals surface area (Å²) in [5, 5.41) is 13.6. The number of carboxylic acid groups (broad SMARTS) is 1. The number of carbonyl (C=O) groups excluding carboxylic acids is 1. The molecular formula is C16H23N3O3. The van der Waals surface area contributed by atoms with Crippen LogP contribution in [-0.2, 0) is 10.3 Å². The van der Waals surface area contributed by atoms with E-state index in [1.165, 1.54) is 0 Å². The van der Waals surface area contributed by atoms with Gasteiger partial charge in [0.15, 0.2) is 0 Å². The maximum Gasteiger partial charge on any atom is 0.308 e. The van der Waals surface area contributed by atoms with Crippen LogP contribution in [-0.4, -0.2) is 44.8 Å². The van der Waals surface area contributed by atoms with Crippen molar-refractivity contribution in [1.29, 1.82) is 0 Å². The summed E-state index contributed by atoms with van der Waals surface area (Å²) < 4.78 is 1.77. The minimum atomic E-state index is -0.780. The first-order valence-corrected chi connectivity index (χ1v) is 7.84. The Morgan fingerprint density at radius 1 is 1.27 bits per heavy atom. The van der Waals surface area contributed by atoms with Crippen molar-refractivity contribution in [2.75, 3.05) is 13.1 Å². The van der Waals surface area contributed by atoms with E-state index in [0.717, 1.165) is 12.8 Å². The zero-order valence-corrected chi connectivity index (χ0v) is 13.3. The third-order valence-electron chi connectivity index (χ3n) is 4.71. The second-order valence-electron chi connectivity index (χ2n) is 7.50. The second-order valence-corrected chi connectivity index (χ2v) is 7.50. The van der Waals surface area contributed by atoms with Crippen molar-refractivity contribution < 1.29 is 14.7 Å². The maximum atomic E-state index is 12.6. The van der Waals surface area contributed by atoms with E-state index in [0.29, 0.717) is 24.6 Å². The van der Waals surface area contributed by atoms with Gasteiger partial charge in [0.2, 0.25) is 0 Å². The molecule has 1 N–H and O–H groups in total. The Labute approximate surface area is 130 Å². The van der Waals surface area contributed by atoms with E-state index in [1.807, 2.05) is 20.8 Å². The van der Waals surface area contributed by atoms with Crippen LogP contribution < -0.4 is 0 Å². The van der Waals surface area contributed by atoms with Gasteiger partial charge in [-0.15, -0.1) is 0 Å². The number of carboxylic acids is 1. The van der Waals surface area contributed by atoms with Gasteiger partial charge in [-0.2, -0.15) is 5.10 Å². The standard InChI is InChI=1S/C16H23N3O3/c1-16(2,3)19-7-11(6-17-19)14(20)18-8-12(10-4-5-10)13(9-18)15(21)22/h6-7,10,12-13H,4-5,8-9H2,1-3H3,(H,21,22)/t12-,13+/m1/s1. The van der Waals surface area contributed by atoms with Crippen LogP contribution in [0.4, 0.5) is 0 Å². The number of carbonyl (C=O) groups is 2. The number of aromatic nitrogens is 2. The highest BCUT2D eigenvalue weighted by atomic mass is 16.4. The van der Waals surface area contributed by atoms with Crippen LogP contribution >= 0.6 is 0 Å². The molecule has 1 amide bonds. The van der Waals surface area contributed by atoms with Crippen molar-refractivity contribution in [3.63, 3.8) is 0 Å². The highest BCUT2D eigenvalue weighted by Gasteiger charge is 2.47. The quantitative estimate of drug-likeness (QED) is 0.924. The van der Waals surface area contributed by atoms with Crippen LogP contribution in [0.3, 0.4) is 0 Å². The van der Waals surface area contributed by atoms with Gasteiger partial charge >= 0.3 is 5.97 Å². The number of likely N-dealkylation sites (tertiary alicyclic amines) is 1. The third kappa shape index (κ3) is 2.74. The molecule has 120 valence electrons. The summed E-state index contributed by atoms with van der Waals surface area (Å²) in [6.07, 6.45) is 5.52. The molecule has 0 bridgehead atoms. The van der Waals surface area contributed by atoms with Crippen LogP contribution in [0.2, 0.25) is 0 Å². The molecule has 2 heterocycles. The van der Waals surface area contributed by atoms with Gasteiger partial charge in [0, 0.05) is 19.3 Å². The van der Waals surface area contributed by atoms with E-state index >= 15 is 0 Å². The minimum absolute atomic E-state index is 0.107. The Kier molecular flexibility index (Phi) is 3.50. The highest BCUT2D eigenvalue weighted by molar-refractivity contribution is 5.94. The van der Waals surface area contributed by atoms with E-state index < -0.39 is 11.9 Å². The summed E-state index contributed by atoms with van der Waals surface area (Å²) in [6, 6.07) is 0. The fraction of sp³-hybridized carbons (Fsp3) is 0.688. The molecule has 2 atom stereocenters. The molecule has 1 saturated heterocycles. The first-order valence-electron chi connectivity index (χ1n) is 7.84. The molecule has 0 aromatic carbocycles. The van der Waals surface area contributed by atoms with E-state index in [1.54, 1.807) is 22.0 Å². The second kappa shape index (κ2) is 5.11. The number of amides is 1. The van der Waals surface area contributed by atoms with Gasteiger partial charge in [-0.1, -0.05) is 0 Å². The molecule has 0 radical (unpaired) electrons. The molecule has 2 fully saturated rings. The Morgan fingerprint density at radius 3 is 2.45 bits per heavy atom. The lowest BCUT2D eigenvalue weighted by Crippen LogP contribution is -2.30. The fourth-order valence-electron chi connectivity index (χ4n) is 3.24. The summed E-state index contributed by atoms with van der Waals surface area (Å²) in [5.74, 6) is -0.716. The van der Waals surface area contributed by atoms with Gasteiger partial charge in [-0.3, -0.25) is 14.3 Å². The van der Waals surface area contributed by atoms with Gasteiger partial charge in [-0.05, 0) is 45.4 Å². The Balaban J connectivity index is 1.75. The Bertz CT molecular complexity index is 598. The summed E-state index contributed by atoms with van der Waals surface area (Å²) in [4.78, 5) is 25.7. The molecule has 1 aromatic heterocycles. The van der Waals surface area contributed by atoms with Crippen LogP contribution in [0.1, 0.15) is 44.0 Å². The lowest BCUT2D eigenvalue weighted by Gasteiger charge is -2.19. The molecular weight excluding hydrogens is 282 g/mol. The van der Waals surface area contributed by atoms with Crippen molar-refractivity contribution in [3.8, 4) is 0 Å². The van der Waals surface area contributed by atoms with Crippen molar-refractivity contribution >= 4 is 11.9 Å². The number of hydrogen-bond acceptors (Lipinski definition) is 3. The predicted molar refractivity (Wildman–Crippen MR) is 80.5 cm³/mol. The third-order valence-corrected chi connectivity index (χ3v) is 4.71. The molecule has 3 rings (SSSR count).